The SMILES string of the molecule is CCN1CCN(C(=O)c2ccccc2COc2ccccc2)CC1. The molecular weight excluding hydrogens is 300 g/mol. The highest BCUT2D eigenvalue weighted by Gasteiger charge is 2.23. The van der Waals surface area contributed by atoms with Crippen LogP contribution in [0.15, 0.2) is 54.6 Å². The Morgan fingerprint density at radius 3 is 2.33 bits per heavy atom. The molecule has 2 aromatic rings. The van der Waals surface area contributed by atoms with Crippen LogP contribution >= 0.6 is 0 Å². The van der Waals surface area contributed by atoms with Gasteiger partial charge in [-0.3, -0.25) is 4.79 Å². The van der Waals surface area contributed by atoms with Gasteiger partial charge in [0.15, 0.2) is 0 Å². The molecule has 0 bridgehead atoms. The highest BCUT2D eigenvalue weighted by Crippen LogP contribution is 2.17. The standard InChI is InChI=1S/C20H24N2O2/c1-2-21-12-14-22(15-13-21)20(23)19-11-7-6-8-17(19)16-24-18-9-4-3-5-10-18/h3-11H,2,12-16H2,1H3. The zero-order valence-corrected chi connectivity index (χ0v) is 14.1. The van der Waals surface area contributed by atoms with Gasteiger partial charge in [0.25, 0.3) is 5.91 Å². The minimum absolute atomic E-state index is 0.109. The minimum Gasteiger partial charge on any atom is -0.489 e. The molecular formula is C20H24N2O2. The summed E-state index contributed by atoms with van der Waals surface area (Å²) in [6.45, 7) is 7.09. The van der Waals surface area contributed by atoms with Gasteiger partial charge < -0.3 is 14.5 Å². The lowest BCUT2D eigenvalue weighted by molar-refractivity contribution is 0.0641. The maximum atomic E-state index is 12.9. The van der Waals surface area contributed by atoms with Gasteiger partial charge in [0.2, 0.25) is 0 Å². The van der Waals surface area contributed by atoms with E-state index in [2.05, 4.69) is 11.8 Å². The van der Waals surface area contributed by atoms with Crippen molar-refractivity contribution >= 4 is 5.91 Å². The second kappa shape index (κ2) is 7.97. The molecule has 0 radical (unpaired) electrons. The number of carbonyl (C=O) groups excluding carboxylic acids is 1. The monoisotopic (exact) mass is 324 g/mol. The Morgan fingerprint density at radius 2 is 1.62 bits per heavy atom. The van der Waals surface area contributed by atoms with Crippen molar-refractivity contribution < 1.29 is 9.53 Å². The van der Waals surface area contributed by atoms with E-state index in [1.165, 1.54) is 0 Å². The van der Waals surface area contributed by atoms with E-state index in [0.717, 1.165) is 49.6 Å². The van der Waals surface area contributed by atoms with Gasteiger partial charge in [0.1, 0.15) is 12.4 Å². The molecule has 2 aromatic carbocycles. The van der Waals surface area contributed by atoms with Gasteiger partial charge in [-0.2, -0.15) is 0 Å². The highest BCUT2D eigenvalue weighted by molar-refractivity contribution is 5.95. The van der Waals surface area contributed by atoms with E-state index < -0.39 is 0 Å². The molecule has 126 valence electrons. The summed E-state index contributed by atoms with van der Waals surface area (Å²) in [6, 6.07) is 17.4. The molecule has 4 nitrogen and oxygen atoms in total. The number of hydrogen-bond acceptors (Lipinski definition) is 3. The number of nitrogens with zero attached hydrogens (tertiary/aromatic N) is 2. The van der Waals surface area contributed by atoms with Crippen molar-refractivity contribution in [3.63, 3.8) is 0 Å². The molecule has 4 heteroatoms. The summed E-state index contributed by atoms with van der Waals surface area (Å²) < 4.78 is 5.83. The molecule has 0 spiro atoms. The molecule has 3 rings (SSSR count). The largest absolute Gasteiger partial charge is 0.489 e. The van der Waals surface area contributed by atoms with Crippen LogP contribution in [-0.4, -0.2) is 48.4 Å². The number of para-hydroxylation sites is 1. The zero-order valence-electron chi connectivity index (χ0n) is 14.1. The van der Waals surface area contributed by atoms with Crippen molar-refractivity contribution in [2.45, 2.75) is 13.5 Å². The van der Waals surface area contributed by atoms with Crippen LogP contribution in [0.5, 0.6) is 5.75 Å². The van der Waals surface area contributed by atoms with E-state index in [0.29, 0.717) is 6.61 Å². The van der Waals surface area contributed by atoms with E-state index >= 15 is 0 Å². The predicted molar refractivity (Wildman–Crippen MR) is 95.2 cm³/mol. The average Bonchev–Trinajstić information content (AvgIpc) is 2.67. The quantitative estimate of drug-likeness (QED) is 0.847. The molecule has 0 aliphatic carbocycles. The molecule has 1 aliphatic rings. The first kappa shape index (κ1) is 16.5. The van der Waals surface area contributed by atoms with Crippen molar-refractivity contribution in [1.29, 1.82) is 0 Å². The fourth-order valence-corrected chi connectivity index (χ4v) is 2.97. The van der Waals surface area contributed by atoms with Crippen molar-refractivity contribution in [2.75, 3.05) is 32.7 Å². The van der Waals surface area contributed by atoms with Gasteiger partial charge in [-0.25, -0.2) is 0 Å². The van der Waals surface area contributed by atoms with Crippen LogP contribution < -0.4 is 4.74 Å². The summed E-state index contributed by atoms with van der Waals surface area (Å²) in [7, 11) is 0. The van der Waals surface area contributed by atoms with E-state index in [1.807, 2.05) is 59.5 Å². The van der Waals surface area contributed by atoms with Crippen molar-refractivity contribution in [3.05, 3.63) is 65.7 Å². The normalized spacial score (nSPS) is 15.3. The van der Waals surface area contributed by atoms with E-state index in [4.69, 9.17) is 4.74 Å². The Kier molecular flexibility index (Phi) is 5.49. The van der Waals surface area contributed by atoms with Crippen LogP contribution in [0.4, 0.5) is 0 Å². The third-order valence-electron chi connectivity index (χ3n) is 4.49. The summed E-state index contributed by atoms with van der Waals surface area (Å²) in [5.74, 6) is 0.925. The Morgan fingerprint density at radius 1 is 0.958 bits per heavy atom. The molecule has 1 saturated heterocycles. The van der Waals surface area contributed by atoms with Gasteiger partial charge in [-0.15, -0.1) is 0 Å². The van der Waals surface area contributed by atoms with E-state index in [9.17, 15) is 4.79 Å². The van der Waals surface area contributed by atoms with Crippen LogP contribution in [0, 0.1) is 0 Å². The molecule has 1 aliphatic heterocycles. The number of ether oxygens (including phenoxy) is 1. The van der Waals surface area contributed by atoms with Crippen molar-refractivity contribution in [3.8, 4) is 5.75 Å². The maximum absolute atomic E-state index is 12.9. The predicted octanol–water partition coefficient (Wildman–Crippen LogP) is 3.04. The van der Waals surface area contributed by atoms with Crippen molar-refractivity contribution in [1.82, 2.24) is 9.80 Å². The number of hydrogen-bond donors (Lipinski definition) is 0. The Labute approximate surface area is 143 Å². The van der Waals surface area contributed by atoms with Crippen LogP contribution in [-0.2, 0) is 6.61 Å². The summed E-state index contributed by atoms with van der Waals surface area (Å²) in [5.41, 5.74) is 1.68. The summed E-state index contributed by atoms with van der Waals surface area (Å²) in [5, 5.41) is 0. The number of likely N-dealkylation sites (N-methyl/N-ethyl adjacent to an activating group) is 1. The first-order chi connectivity index (χ1) is 11.8. The Balaban J connectivity index is 1.68. The molecule has 1 fully saturated rings. The second-order valence-electron chi connectivity index (χ2n) is 5.99. The van der Waals surface area contributed by atoms with E-state index in [1.54, 1.807) is 0 Å². The summed E-state index contributed by atoms with van der Waals surface area (Å²) >= 11 is 0. The second-order valence-corrected chi connectivity index (χ2v) is 5.99. The first-order valence-electron chi connectivity index (χ1n) is 8.55. The Hall–Kier alpha value is -2.33. The van der Waals surface area contributed by atoms with Gasteiger partial charge in [-0.05, 0) is 24.7 Å². The van der Waals surface area contributed by atoms with Crippen LogP contribution in [0.25, 0.3) is 0 Å². The third-order valence-corrected chi connectivity index (χ3v) is 4.49. The van der Waals surface area contributed by atoms with Gasteiger partial charge in [0.05, 0.1) is 0 Å². The molecule has 0 unspecified atom stereocenters. The zero-order chi connectivity index (χ0) is 16.8. The molecule has 0 saturated carbocycles. The number of rotatable bonds is 5. The molecule has 0 aromatic heterocycles. The van der Waals surface area contributed by atoms with Gasteiger partial charge in [-0.1, -0.05) is 43.3 Å². The number of carbonyl (C=O) groups is 1. The van der Waals surface area contributed by atoms with Crippen LogP contribution in [0.1, 0.15) is 22.8 Å². The fraction of sp³-hybridized carbons (Fsp3) is 0.350. The lowest BCUT2D eigenvalue weighted by Gasteiger charge is -2.34. The third kappa shape index (κ3) is 3.95. The van der Waals surface area contributed by atoms with Crippen molar-refractivity contribution in [2.24, 2.45) is 0 Å². The smallest absolute Gasteiger partial charge is 0.254 e. The highest BCUT2D eigenvalue weighted by atomic mass is 16.5. The lowest BCUT2D eigenvalue weighted by Crippen LogP contribution is -2.48. The number of piperazine rings is 1. The summed E-state index contributed by atoms with van der Waals surface area (Å²) in [6.07, 6.45) is 0. The van der Waals surface area contributed by atoms with Gasteiger partial charge >= 0.3 is 0 Å². The fourth-order valence-electron chi connectivity index (χ4n) is 2.97. The Bertz CT molecular complexity index is 664. The summed E-state index contributed by atoms with van der Waals surface area (Å²) in [4.78, 5) is 17.2. The molecule has 0 N–H and O–H groups in total. The maximum Gasteiger partial charge on any atom is 0.254 e. The van der Waals surface area contributed by atoms with Crippen LogP contribution in [0.2, 0.25) is 0 Å². The molecule has 0 atom stereocenters. The lowest BCUT2D eigenvalue weighted by atomic mass is 10.1. The average molecular weight is 324 g/mol. The first-order valence-corrected chi connectivity index (χ1v) is 8.55. The van der Waals surface area contributed by atoms with Gasteiger partial charge in [0, 0.05) is 37.3 Å². The number of benzene rings is 2. The van der Waals surface area contributed by atoms with Crippen LogP contribution in [0.3, 0.4) is 0 Å². The molecule has 1 amide bonds. The number of amides is 1. The molecule has 24 heavy (non-hydrogen) atoms. The van der Waals surface area contributed by atoms with E-state index in [-0.39, 0.29) is 5.91 Å². The minimum atomic E-state index is 0.109. The topological polar surface area (TPSA) is 32.8 Å². The molecule has 1 heterocycles.